The fourth-order valence-corrected chi connectivity index (χ4v) is 2.47. The van der Waals surface area contributed by atoms with E-state index in [1.807, 2.05) is 0 Å². The van der Waals surface area contributed by atoms with E-state index < -0.39 is 0 Å². The van der Waals surface area contributed by atoms with E-state index in [0.717, 1.165) is 38.4 Å². The molecule has 1 aliphatic heterocycles. The highest BCUT2D eigenvalue weighted by Gasteiger charge is 2.12. The molecule has 0 aromatic heterocycles. The van der Waals surface area contributed by atoms with Gasteiger partial charge < -0.3 is 15.7 Å². The molecule has 1 fully saturated rings. The quantitative estimate of drug-likeness (QED) is 0.721. The van der Waals surface area contributed by atoms with Crippen LogP contribution in [0.2, 0.25) is 0 Å². The van der Waals surface area contributed by atoms with Crippen LogP contribution in [-0.4, -0.2) is 31.3 Å². The van der Waals surface area contributed by atoms with Crippen LogP contribution in [0.4, 0.5) is 5.69 Å². The van der Waals surface area contributed by atoms with Gasteiger partial charge in [-0.05, 0) is 62.4 Å². The van der Waals surface area contributed by atoms with Crippen molar-refractivity contribution in [3.8, 4) is 0 Å². The van der Waals surface area contributed by atoms with Gasteiger partial charge in [-0.1, -0.05) is 12.1 Å². The zero-order valence-corrected chi connectivity index (χ0v) is 11.0. The number of piperidine rings is 1. The van der Waals surface area contributed by atoms with Crippen molar-refractivity contribution in [2.24, 2.45) is 5.92 Å². The number of hydrogen-bond donors (Lipinski definition) is 3. The van der Waals surface area contributed by atoms with Gasteiger partial charge in [0.1, 0.15) is 0 Å². The summed E-state index contributed by atoms with van der Waals surface area (Å²) in [5.74, 6) is 0.798. The zero-order valence-electron chi connectivity index (χ0n) is 11.0. The first kappa shape index (κ1) is 13.4. The maximum absolute atomic E-state index is 8.85. The molecule has 18 heavy (non-hydrogen) atoms. The number of hydrogen-bond acceptors (Lipinski definition) is 3. The molecule has 0 saturated carbocycles. The number of nitrogens with one attached hydrogen (secondary N) is 2. The Hall–Kier alpha value is -1.06. The summed E-state index contributed by atoms with van der Waals surface area (Å²) in [4.78, 5) is 0. The van der Waals surface area contributed by atoms with Gasteiger partial charge in [0.15, 0.2) is 0 Å². The van der Waals surface area contributed by atoms with Crippen molar-refractivity contribution in [3.05, 3.63) is 29.8 Å². The van der Waals surface area contributed by atoms with Gasteiger partial charge in [-0.3, -0.25) is 0 Å². The van der Waals surface area contributed by atoms with Crippen LogP contribution in [0.15, 0.2) is 24.3 Å². The van der Waals surface area contributed by atoms with E-state index in [0.29, 0.717) is 0 Å². The standard InChI is InChI=1S/C15H24N2O/c18-10-2-4-13-3-1-5-15(11-13)17-12-14-6-8-16-9-7-14/h1,3,5,11,14,16-18H,2,4,6-10,12H2. The first-order valence-corrected chi connectivity index (χ1v) is 7.03. The lowest BCUT2D eigenvalue weighted by Crippen LogP contribution is -2.31. The van der Waals surface area contributed by atoms with Crippen molar-refractivity contribution < 1.29 is 5.11 Å². The first-order valence-electron chi connectivity index (χ1n) is 7.03. The van der Waals surface area contributed by atoms with Crippen molar-refractivity contribution in [1.82, 2.24) is 5.32 Å². The van der Waals surface area contributed by atoms with Crippen LogP contribution < -0.4 is 10.6 Å². The number of aliphatic hydroxyl groups excluding tert-OH is 1. The van der Waals surface area contributed by atoms with Gasteiger partial charge in [0.05, 0.1) is 0 Å². The number of aliphatic hydroxyl groups is 1. The van der Waals surface area contributed by atoms with E-state index in [1.165, 1.54) is 24.1 Å². The van der Waals surface area contributed by atoms with Gasteiger partial charge in [-0.15, -0.1) is 0 Å². The van der Waals surface area contributed by atoms with Gasteiger partial charge in [0, 0.05) is 18.8 Å². The third-order valence-corrected chi connectivity index (χ3v) is 3.60. The Morgan fingerprint density at radius 1 is 1.28 bits per heavy atom. The molecule has 2 rings (SSSR count). The van der Waals surface area contributed by atoms with Gasteiger partial charge in [0.25, 0.3) is 0 Å². The SMILES string of the molecule is OCCCc1cccc(NCC2CCNCC2)c1. The number of anilines is 1. The second-order valence-corrected chi connectivity index (χ2v) is 5.10. The Kier molecular flexibility index (Phi) is 5.49. The lowest BCUT2D eigenvalue weighted by Gasteiger charge is -2.23. The second kappa shape index (κ2) is 7.39. The zero-order chi connectivity index (χ0) is 12.6. The predicted octanol–water partition coefficient (Wildman–Crippen LogP) is 2.02. The van der Waals surface area contributed by atoms with Crippen molar-refractivity contribution in [2.75, 3.05) is 31.6 Å². The molecule has 1 aromatic rings. The monoisotopic (exact) mass is 248 g/mol. The third kappa shape index (κ3) is 4.31. The van der Waals surface area contributed by atoms with Gasteiger partial charge in [0.2, 0.25) is 0 Å². The molecule has 3 nitrogen and oxygen atoms in total. The topological polar surface area (TPSA) is 44.3 Å². The Morgan fingerprint density at radius 3 is 2.89 bits per heavy atom. The summed E-state index contributed by atoms with van der Waals surface area (Å²) in [6.07, 6.45) is 4.35. The Bertz CT molecular complexity index is 348. The van der Waals surface area contributed by atoms with Crippen LogP contribution in [0, 0.1) is 5.92 Å². The summed E-state index contributed by atoms with van der Waals surface area (Å²) in [5.41, 5.74) is 2.52. The van der Waals surface area contributed by atoms with Crippen LogP contribution in [0.3, 0.4) is 0 Å². The minimum Gasteiger partial charge on any atom is -0.396 e. The molecule has 3 heteroatoms. The molecular formula is C15H24N2O. The van der Waals surface area contributed by atoms with Crippen molar-refractivity contribution in [3.63, 3.8) is 0 Å². The Balaban J connectivity index is 1.80. The van der Waals surface area contributed by atoms with Crippen molar-refractivity contribution >= 4 is 5.69 Å². The van der Waals surface area contributed by atoms with Crippen LogP contribution in [-0.2, 0) is 6.42 Å². The Morgan fingerprint density at radius 2 is 2.11 bits per heavy atom. The highest BCUT2D eigenvalue weighted by Crippen LogP contribution is 2.16. The van der Waals surface area contributed by atoms with Crippen molar-refractivity contribution in [2.45, 2.75) is 25.7 Å². The Labute approximate surface area is 110 Å². The van der Waals surface area contributed by atoms with E-state index in [-0.39, 0.29) is 6.61 Å². The van der Waals surface area contributed by atoms with Crippen LogP contribution >= 0.6 is 0 Å². The van der Waals surface area contributed by atoms with Gasteiger partial charge in [-0.25, -0.2) is 0 Å². The molecule has 1 heterocycles. The molecule has 0 bridgehead atoms. The highest BCUT2D eigenvalue weighted by atomic mass is 16.2. The number of aryl methyl sites for hydroxylation is 1. The molecule has 3 N–H and O–H groups in total. The minimum absolute atomic E-state index is 0.271. The summed E-state index contributed by atoms with van der Waals surface area (Å²) in [7, 11) is 0. The normalized spacial score (nSPS) is 16.7. The predicted molar refractivity (Wildman–Crippen MR) is 75.9 cm³/mol. The largest absolute Gasteiger partial charge is 0.396 e. The molecular weight excluding hydrogens is 224 g/mol. The summed E-state index contributed by atoms with van der Waals surface area (Å²) in [5, 5.41) is 15.8. The van der Waals surface area contributed by atoms with E-state index in [1.54, 1.807) is 0 Å². The molecule has 1 aromatic carbocycles. The summed E-state index contributed by atoms with van der Waals surface area (Å²) >= 11 is 0. The van der Waals surface area contributed by atoms with E-state index >= 15 is 0 Å². The molecule has 0 spiro atoms. The smallest absolute Gasteiger partial charge is 0.0434 e. The molecule has 1 aliphatic rings. The maximum Gasteiger partial charge on any atom is 0.0434 e. The lowest BCUT2D eigenvalue weighted by atomic mass is 9.98. The van der Waals surface area contributed by atoms with E-state index in [2.05, 4.69) is 34.9 Å². The lowest BCUT2D eigenvalue weighted by molar-refractivity contribution is 0.288. The molecule has 1 saturated heterocycles. The maximum atomic E-state index is 8.85. The third-order valence-electron chi connectivity index (χ3n) is 3.60. The molecule has 0 radical (unpaired) electrons. The van der Waals surface area contributed by atoms with Crippen molar-refractivity contribution in [1.29, 1.82) is 0 Å². The van der Waals surface area contributed by atoms with Gasteiger partial charge >= 0.3 is 0 Å². The minimum atomic E-state index is 0.271. The molecule has 0 unspecified atom stereocenters. The summed E-state index contributed by atoms with van der Waals surface area (Å²) in [6, 6.07) is 8.56. The highest BCUT2D eigenvalue weighted by molar-refractivity contribution is 5.45. The second-order valence-electron chi connectivity index (χ2n) is 5.10. The number of rotatable bonds is 6. The first-order chi connectivity index (χ1) is 8.88. The van der Waals surface area contributed by atoms with Crippen LogP contribution in [0.5, 0.6) is 0 Å². The van der Waals surface area contributed by atoms with E-state index in [9.17, 15) is 0 Å². The molecule has 0 aliphatic carbocycles. The van der Waals surface area contributed by atoms with Gasteiger partial charge in [-0.2, -0.15) is 0 Å². The molecule has 0 atom stereocenters. The fraction of sp³-hybridized carbons (Fsp3) is 0.600. The average Bonchev–Trinajstić information content (AvgIpc) is 2.44. The van der Waals surface area contributed by atoms with E-state index in [4.69, 9.17) is 5.11 Å². The fourth-order valence-electron chi connectivity index (χ4n) is 2.47. The summed E-state index contributed by atoms with van der Waals surface area (Å²) in [6.45, 7) is 3.66. The van der Waals surface area contributed by atoms with Crippen LogP contribution in [0.1, 0.15) is 24.8 Å². The average molecular weight is 248 g/mol. The van der Waals surface area contributed by atoms with Crippen LogP contribution in [0.25, 0.3) is 0 Å². The summed E-state index contributed by atoms with van der Waals surface area (Å²) < 4.78 is 0. The number of benzene rings is 1. The molecule has 100 valence electrons. The molecule has 0 amide bonds.